The average molecular weight is 653 g/mol. The summed E-state index contributed by atoms with van der Waals surface area (Å²) in [6, 6.07) is 62.2. The van der Waals surface area contributed by atoms with Gasteiger partial charge in [-0.3, -0.25) is 0 Å². The van der Waals surface area contributed by atoms with E-state index in [1.165, 1.54) is 27.8 Å². The molecule has 2 heterocycles. The predicted octanol–water partition coefficient (Wildman–Crippen LogP) is 12.4. The Morgan fingerprint density at radius 1 is 0.412 bits per heavy atom. The summed E-state index contributed by atoms with van der Waals surface area (Å²) in [5.41, 5.74) is 15.2. The van der Waals surface area contributed by atoms with Crippen LogP contribution in [0.2, 0.25) is 0 Å². The molecule has 0 aliphatic heterocycles. The molecule has 0 unspecified atom stereocenters. The van der Waals surface area contributed by atoms with Crippen molar-refractivity contribution in [1.29, 1.82) is 0 Å². The van der Waals surface area contributed by atoms with Gasteiger partial charge in [-0.05, 0) is 76.2 Å². The van der Waals surface area contributed by atoms with Crippen LogP contribution in [0.25, 0.3) is 78.1 Å². The average Bonchev–Trinajstić information content (AvgIpc) is 3.71. The quantitative estimate of drug-likeness (QED) is 0.186. The lowest BCUT2D eigenvalue weighted by Crippen LogP contribution is -2.22. The summed E-state index contributed by atoms with van der Waals surface area (Å²) in [5.74, 6) is 0.703. The Labute approximate surface area is 296 Å². The fourth-order valence-corrected chi connectivity index (χ4v) is 7.96. The highest BCUT2D eigenvalue weighted by atomic mass is 16.3. The lowest BCUT2D eigenvalue weighted by molar-refractivity contribution is 0.669. The molecule has 0 spiro atoms. The number of aromatic nitrogens is 2. The van der Waals surface area contributed by atoms with Crippen molar-refractivity contribution in [2.45, 2.75) is 12.3 Å². The van der Waals surface area contributed by atoms with Crippen molar-refractivity contribution >= 4 is 21.9 Å². The van der Waals surface area contributed by atoms with E-state index >= 15 is 0 Å². The van der Waals surface area contributed by atoms with Crippen LogP contribution in [0.3, 0.4) is 0 Å². The van der Waals surface area contributed by atoms with E-state index in [0.29, 0.717) is 5.82 Å². The SMILES string of the molecule is CC1(c2ccc(-c3cc(-c4cccc(-c5ccc6oc7ccccc7c6c5)c4)nc(-c4ccccc4)n3)cc2)c2ccccc2-c2ccccc21. The maximum atomic E-state index is 6.10. The maximum Gasteiger partial charge on any atom is 0.160 e. The lowest BCUT2D eigenvalue weighted by Gasteiger charge is -2.28. The molecular weight excluding hydrogens is 621 g/mol. The van der Waals surface area contributed by atoms with E-state index in [1.807, 2.05) is 30.3 Å². The van der Waals surface area contributed by atoms with Gasteiger partial charge >= 0.3 is 0 Å². The molecule has 51 heavy (non-hydrogen) atoms. The van der Waals surface area contributed by atoms with Crippen LogP contribution in [0, 0.1) is 0 Å². The molecule has 3 nitrogen and oxygen atoms in total. The molecule has 3 heteroatoms. The highest BCUT2D eigenvalue weighted by molar-refractivity contribution is 6.06. The Hall–Kier alpha value is -6.58. The standard InChI is InChI=1S/C48H32N2O/c1-48(41-19-8-5-16-37(41)38-17-6-9-20-42(38)48)36-25-22-31(23-26-36)43-30-44(50-47(49-43)32-12-3-2-4-13-32)35-15-11-14-33(28-35)34-24-27-46-40(29-34)39-18-7-10-21-45(39)51-46/h2-30H,1H3. The topological polar surface area (TPSA) is 38.9 Å². The second-order valence-corrected chi connectivity index (χ2v) is 13.5. The first kappa shape index (κ1) is 29.3. The Balaban J connectivity index is 1.07. The first-order valence-electron chi connectivity index (χ1n) is 17.4. The summed E-state index contributed by atoms with van der Waals surface area (Å²) in [4.78, 5) is 10.3. The summed E-state index contributed by atoms with van der Waals surface area (Å²) in [7, 11) is 0. The van der Waals surface area contributed by atoms with Crippen LogP contribution in [0.15, 0.2) is 180 Å². The molecule has 0 saturated heterocycles. The van der Waals surface area contributed by atoms with Gasteiger partial charge in [0.1, 0.15) is 11.2 Å². The van der Waals surface area contributed by atoms with Crippen LogP contribution in [-0.2, 0) is 5.41 Å². The van der Waals surface area contributed by atoms with E-state index in [0.717, 1.165) is 61.1 Å². The van der Waals surface area contributed by atoms with E-state index in [4.69, 9.17) is 14.4 Å². The van der Waals surface area contributed by atoms with Crippen molar-refractivity contribution in [3.05, 3.63) is 193 Å². The van der Waals surface area contributed by atoms with Gasteiger partial charge in [-0.15, -0.1) is 0 Å². The van der Waals surface area contributed by atoms with E-state index in [1.54, 1.807) is 0 Å². The fourth-order valence-electron chi connectivity index (χ4n) is 7.96. The highest BCUT2D eigenvalue weighted by Crippen LogP contribution is 2.52. The van der Waals surface area contributed by atoms with E-state index < -0.39 is 0 Å². The van der Waals surface area contributed by atoms with E-state index in [9.17, 15) is 0 Å². The fraction of sp³-hybridized carbons (Fsp3) is 0.0417. The molecule has 0 atom stereocenters. The summed E-state index contributed by atoms with van der Waals surface area (Å²) < 4.78 is 6.10. The number of hydrogen-bond donors (Lipinski definition) is 0. The molecule has 9 aromatic rings. The van der Waals surface area contributed by atoms with Gasteiger partial charge in [-0.1, -0.05) is 146 Å². The normalized spacial score (nSPS) is 13.0. The van der Waals surface area contributed by atoms with Gasteiger partial charge in [-0.2, -0.15) is 0 Å². The third-order valence-electron chi connectivity index (χ3n) is 10.6. The molecule has 10 rings (SSSR count). The Bertz CT molecular complexity index is 2710. The number of rotatable bonds is 5. The molecule has 0 amide bonds. The first-order valence-corrected chi connectivity index (χ1v) is 17.4. The second kappa shape index (κ2) is 11.5. The monoisotopic (exact) mass is 652 g/mol. The maximum absolute atomic E-state index is 6.10. The van der Waals surface area contributed by atoms with Crippen LogP contribution in [0.5, 0.6) is 0 Å². The van der Waals surface area contributed by atoms with Gasteiger partial charge in [0, 0.05) is 32.9 Å². The van der Waals surface area contributed by atoms with Crippen molar-refractivity contribution in [2.24, 2.45) is 0 Å². The molecule has 1 aliphatic rings. The van der Waals surface area contributed by atoms with Gasteiger partial charge < -0.3 is 4.42 Å². The van der Waals surface area contributed by atoms with Crippen molar-refractivity contribution in [2.75, 3.05) is 0 Å². The number of para-hydroxylation sites is 1. The van der Waals surface area contributed by atoms with Crippen LogP contribution in [0.4, 0.5) is 0 Å². The first-order chi connectivity index (χ1) is 25.1. The number of fused-ring (bicyclic) bond motifs is 6. The Kier molecular flexibility index (Phi) is 6.62. The minimum absolute atomic E-state index is 0.246. The van der Waals surface area contributed by atoms with Crippen LogP contribution < -0.4 is 0 Å². The smallest absolute Gasteiger partial charge is 0.160 e. The zero-order chi connectivity index (χ0) is 33.9. The van der Waals surface area contributed by atoms with Crippen LogP contribution >= 0.6 is 0 Å². The number of nitrogens with zero attached hydrogens (tertiary/aromatic N) is 2. The molecule has 0 radical (unpaired) electrons. The zero-order valence-electron chi connectivity index (χ0n) is 28.0. The number of benzene rings is 7. The second-order valence-electron chi connectivity index (χ2n) is 13.5. The van der Waals surface area contributed by atoms with Crippen LogP contribution in [0.1, 0.15) is 23.6 Å². The van der Waals surface area contributed by atoms with Crippen molar-refractivity contribution in [1.82, 2.24) is 9.97 Å². The summed E-state index contributed by atoms with van der Waals surface area (Å²) >= 11 is 0. The van der Waals surface area contributed by atoms with Gasteiger partial charge in [-0.25, -0.2) is 9.97 Å². The lowest BCUT2D eigenvalue weighted by atomic mass is 9.74. The largest absolute Gasteiger partial charge is 0.456 e. The third kappa shape index (κ3) is 4.74. The van der Waals surface area contributed by atoms with Gasteiger partial charge in [0.05, 0.1) is 11.4 Å². The molecule has 2 aromatic heterocycles. The predicted molar refractivity (Wildman–Crippen MR) is 208 cm³/mol. The summed E-state index contributed by atoms with van der Waals surface area (Å²) in [5, 5.41) is 2.24. The van der Waals surface area contributed by atoms with Crippen LogP contribution in [-0.4, -0.2) is 9.97 Å². The van der Waals surface area contributed by atoms with E-state index in [2.05, 4.69) is 153 Å². The van der Waals surface area contributed by atoms with Crippen molar-refractivity contribution in [3.63, 3.8) is 0 Å². The minimum Gasteiger partial charge on any atom is -0.456 e. The molecule has 0 fully saturated rings. The summed E-state index contributed by atoms with van der Waals surface area (Å²) in [6.07, 6.45) is 0. The third-order valence-corrected chi connectivity index (χ3v) is 10.6. The minimum atomic E-state index is -0.246. The van der Waals surface area contributed by atoms with E-state index in [-0.39, 0.29) is 5.41 Å². The molecule has 0 saturated carbocycles. The van der Waals surface area contributed by atoms with Crippen molar-refractivity contribution < 1.29 is 4.42 Å². The molecule has 7 aromatic carbocycles. The molecule has 240 valence electrons. The Morgan fingerprint density at radius 2 is 0.980 bits per heavy atom. The van der Waals surface area contributed by atoms with Gasteiger partial charge in [0.25, 0.3) is 0 Å². The Morgan fingerprint density at radius 3 is 1.75 bits per heavy atom. The number of furan rings is 1. The zero-order valence-corrected chi connectivity index (χ0v) is 28.0. The summed E-state index contributed by atoms with van der Waals surface area (Å²) in [6.45, 7) is 2.35. The van der Waals surface area contributed by atoms with Gasteiger partial charge in [0.2, 0.25) is 0 Å². The highest BCUT2D eigenvalue weighted by Gasteiger charge is 2.40. The number of hydrogen-bond acceptors (Lipinski definition) is 3. The van der Waals surface area contributed by atoms with Gasteiger partial charge in [0.15, 0.2) is 5.82 Å². The molecule has 1 aliphatic carbocycles. The molecule has 0 N–H and O–H groups in total. The van der Waals surface area contributed by atoms with Crippen molar-refractivity contribution in [3.8, 4) is 56.2 Å². The molecular formula is C48H32N2O. The molecule has 0 bridgehead atoms.